The maximum Gasteiger partial charge on any atom is 0.219 e. The highest BCUT2D eigenvalue weighted by Crippen LogP contribution is 2.29. The molecule has 2 heterocycles. The van der Waals surface area contributed by atoms with Crippen LogP contribution in [0.3, 0.4) is 0 Å². The number of anilines is 1. The molecule has 2 saturated heterocycles. The van der Waals surface area contributed by atoms with Gasteiger partial charge in [0, 0.05) is 51.9 Å². The Morgan fingerprint density at radius 3 is 2.19 bits per heavy atom. The summed E-state index contributed by atoms with van der Waals surface area (Å²) in [5, 5.41) is 23.1. The smallest absolute Gasteiger partial charge is 0.219 e. The van der Waals surface area contributed by atoms with E-state index in [0.29, 0.717) is 44.8 Å². The Morgan fingerprint density at radius 1 is 0.892 bits per heavy atom. The monoisotopic (exact) mass is 511 g/mol. The highest BCUT2D eigenvalue weighted by Gasteiger charge is 2.41. The van der Waals surface area contributed by atoms with Crippen molar-refractivity contribution in [2.24, 2.45) is 0 Å². The van der Waals surface area contributed by atoms with Gasteiger partial charge in [-0.25, -0.2) is 0 Å². The number of carbonyl (C=O) groups is 1. The Balaban J connectivity index is 1.40. The van der Waals surface area contributed by atoms with Crippen LogP contribution in [0.15, 0.2) is 42.5 Å². The molecule has 0 saturated carbocycles. The number of methoxy groups -OCH3 is 1. The molecule has 2 aromatic rings. The molecule has 0 radical (unpaired) electrons. The number of carbonyl (C=O) groups excluding carboxylic acids is 1. The summed E-state index contributed by atoms with van der Waals surface area (Å²) >= 11 is 0. The third kappa shape index (κ3) is 6.94. The average molecular weight is 512 g/mol. The van der Waals surface area contributed by atoms with Crippen molar-refractivity contribution >= 4 is 11.6 Å². The summed E-state index contributed by atoms with van der Waals surface area (Å²) < 4.78 is 11.3. The van der Waals surface area contributed by atoms with Gasteiger partial charge in [-0.1, -0.05) is 6.07 Å². The fourth-order valence-electron chi connectivity index (χ4n) is 5.31. The molecule has 37 heavy (non-hydrogen) atoms. The second-order valence-corrected chi connectivity index (χ2v) is 10.8. The first-order valence-electron chi connectivity index (χ1n) is 13.1. The number of aryl methyl sites for hydroxylation is 2. The molecule has 2 aromatic carbocycles. The van der Waals surface area contributed by atoms with Gasteiger partial charge in [-0.05, 0) is 74.2 Å². The molecule has 0 unspecified atom stereocenters. The summed E-state index contributed by atoms with van der Waals surface area (Å²) in [5.41, 5.74) is 1.32. The summed E-state index contributed by atoms with van der Waals surface area (Å²) in [4.78, 5) is 18.3. The highest BCUT2D eigenvalue weighted by molar-refractivity contribution is 5.73. The topological polar surface area (TPSA) is 85.7 Å². The molecule has 0 aromatic heterocycles. The standard InChI is InChI=1S/C29H41N3O5/c1-22-5-8-27(17-23(22)2)37-21-29(35)19-30(15-16-32(20-29)24(3)33)18-28(34)11-13-31(14-12-28)25-6-9-26(36-4)10-7-25/h5-10,17,34-35H,11-16,18-21H2,1-4H3/t29-/m1/s1. The van der Waals surface area contributed by atoms with Crippen LogP contribution in [-0.4, -0.2) is 96.7 Å². The zero-order valence-electron chi connectivity index (χ0n) is 22.6. The molecule has 8 heteroatoms. The van der Waals surface area contributed by atoms with E-state index in [4.69, 9.17) is 9.47 Å². The molecule has 0 aliphatic carbocycles. The van der Waals surface area contributed by atoms with Crippen LogP contribution in [0.1, 0.15) is 30.9 Å². The Hall–Kier alpha value is -2.81. The van der Waals surface area contributed by atoms with E-state index in [1.54, 1.807) is 12.0 Å². The van der Waals surface area contributed by atoms with E-state index in [9.17, 15) is 15.0 Å². The predicted octanol–water partition coefficient (Wildman–Crippen LogP) is 2.62. The number of hydrogen-bond donors (Lipinski definition) is 2. The van der Waals surface area contributed by atoms with E-state index in [1.807, 2.05) is 56.3 Å². The number of nitrogens with zero attached hydrogens (tertiary/aromatic N) is 3. The SMILES string of the molecule is COc1ccc(N2CCC(O)(CN3CCN(C(C)=O)C[C@@](O)(COc4ccc(C)c(C)c4)C3)CC2)cc1. The van der Waals surface area contributed by atoms with E-state index in [1.165, 1.54) is 12.5 Å². The van der Waals surface area contributed by atoms with Crippen molar-refractivity contribution in [3.05, 3.63) is 53.6 Å². The Labute approximate surface area is 220 Å². The molecule has 2 aliphatic rings. The fraction of sp³-hybridized carbons (Fsp3) is 0.552. The van der Waals surface area contributed by atoms with E-state index >= 15 is 0 Å². The Bertz CT molecular complexity index is 1070. The van der Waals surface area contributed by atoms with Crippen LogP contribution < -0.4 is 14.4 Å². The number of benzene rings is 2. The molecule has 0 bridgehead atoms. The quantitative estimate of drug-likeness (QED) is 0.591. The number of hydrogen-bond acceptors (Lipinski definition) is 7. The van der Waals surface area contributed by atoms with Crippen LogP contribution >= 0.6 is 0 Å². The van der Waals surface area contributed by atoms with Gasteiger partial charge >= 0.3 is 0 Å². The lowest BCUT2D eigenvalue weighted by Gasteiger charge is -2.42. The first kappa shape index (κ1) is 27.2. The molecule has 202 valence electrons. The van der Waals surface area contributed by atoms with Crippen molar-refractivity contribution in [3.63, 3.8) is 0 Å². The summed E-state index contributed by atoms with van der Waals surface area (Å²) in [6, 6.07) is 13.9. The summed E-state index contributed by atoms with van der Waals surface area (Å²) in [6.07, 6.45) is 1.26. The highest BCUT2D eigenvalue weighted by atomic mass is 16.5. The average Bonchev–Trinajstić information content (AvgIpc) is 3.04. The molecule has 2 N–H and O–H groups in total. The largest absolute Gasteiger partial charge is 0.497 e. The van der Waals surface area contributed by atoms with Gasteiger partial charge in [-0.3, -0.25) is 9.69 Å². The normalized spacial score (nSPS) is 22.4. The van der Waals surface area contributed by atoms with Crippen LogP contribution in [-0.2, 0) is 4.79 Å². The van der Waals surface area contributed by atoms with Gasteiger partial charge in [0.05, 0.1) is 19.3 Å². The number of ether oxygens (including phenoxy) is 2. The molecule has 2 fully saturated rings. The molecule has 2 aliphatic heterocycles. The third-order valence-electron chi connectivity index (χ3n) is 7.77. The molecular formula is C29H41N3O5. The lowest BCUT2D eigenvalue weighted by molar-refractivity contribution is -0.132. The minimum absolute atomic E-state index is 0.0689. The van der Waals surface area contributed by atoms with Crippen molar-refractivity contribution in [2.45, 2.75) is 44.8 Å². The summed E-state index contributed by atoms with van der Waals surface area (Å²) in [6.45, 7) is 9.25. The van der Waals surface area contributed by atoms with Crippen LogP contribution in [0.2, 0.25) is 0 Å². The van der Waals surface area contributed by atoms with Crippen LogP contribution in [0.4, 0.5) is 5.69 Å². The lowest BCUT2D eigenvalue weighted by atomic mass is 9.90. The van der Waals surface area contributed by atoms with Crippen molar-refractivity contribution in [2.75, 3.05) is 64.4 Å². The molecule has 1 atom stereocenters. The van der Waals surface area contributed by atoms with Gasteiger partial charge in [0.2, 0.25) is 5.91 Å². The maximum atomic E-state index is 12.3. The molecule has 0 spiro atoms. The summed E-state index contributed by atoms with van der Waals surface area (Å²) in [7, 11) is 1.66. The third-order valence-corrected chi connectivity index (χ3v) is 7.77. The van der Waals surface area contributed by atoms with Crippen LogP contribution in [0, 0.1) is 13.8 Å². The van der Waals surface area contributed by atoms with Gasteiger partial charge < -0.3 is 29.5 Å². The molecule has 1 amide bonds. The van der Waals surface area contributed by atoms with E-state index in [-0.39, 0.29) is 19.1 Å². The van der Waals surface area contributed by atoms with Crippen molar-refractivity contribution in [3.8, 4) is 11.5 Å². The second-order valence-electron chi connectivity index (χ2n) is 10.8. The minimum atomic E-state index is -1.25. The van der Waals surface area contributed by atoms with Crippen LogP contribution in [0.25, 0.3) is 0 Å². The first-order chi connectivity index (χ1) is 17.6. The van der Waals surface area contributed by atoms with Gasteiger partial charge in [0.15, 0.2) is 0 Å². The van der Waals surface area contributed by atoms with Gasteiger partial charge in [0.25, 0.3) is 0 Å². The molecular weight excluding hydrogens is 470 g/mol. The first-order valence-corrected chi connectivity index (χ1v) is 13.1. The number of aliphatic hydroxyl groups is 2. The minimum Gasteiger partial charge on any atom is -0.497 e. The van der Waals surface area contributed by atoms with E-state index < -0.39 is 11.2 Å². The lowest BCUT2D eigenvalue weighted by Crippen LogP contribution is -2.55. The zero-order valence-corrected chi connectivity index (χ0v) is 22.6. The van der Waals surface area contributed by atoms with Gasteiger partial charge in [-0.2, -0.15) is 0 Å². The number of piperidine rings is 1. The van der Waals surface area contributed by atoms with E-state index in [0.717, 1.165) is 30.1 Å². The van der Waals surface area contributed by atoms with Gasteiger partial charge in [-0.15, -0.1) is 0 Å². The van der Waals surface area contributed by atoms with Crippen molar-refractivity contribution in [1.82, 2.24) is 9.80 Å². The van der Waals surface area contributed by atoms with Gasteiger partial charge in [0.1, 0.15) is 23.7 Å². The maximum absolute atomic E-state index is 12.3. The van der Waals surface area contributed by atoms with E-state index in [2.05, 4.69) is 9.80 Å². The number of amides is 1. The molecule has 8 nitrogen and oxygen atoms in total. The zero-order chi connectivity index (χ0) is 26.6. The van der Waals surface area contributed by atoms with Crippen LogP contribution in [0.5, 0.6) is 11.5 Å². The predicted molar refractivity (Wildman–Crippen MR) is 144 cm³/mol. The Morgan fingerprint density at radius 2 is 1.57 bits per heavy atom. The fourth-order valence-corrected chi connectivity index (χ4v) is 5.31. The number of β-amino-alcohol motifs (C(OH)–C–C–N with tert-alkyl or cyclic N) is 2. The van der Waals surface area contributed by atoms with Crippen molar-refractivity contribution < 1.29 is 24.5 Å². The Kier molecular flexibility index (Phi) is 8.31. The summed E-state index contributed by atoms with van der Waals surface area (Å²) in [5.74, 6) is 1.45. The second kappa shape index (κ2) is 11.3. The molecule has 4 rings (SSSR count). The number of rotatable bonds is 7. The van der Waals surface area contributed by atoms with Crippen molar-refractivity contribution in [1.29, 1.82) is 0 Å².